The van der Waals surface area contributed by atoms with E-state index in [0.29, 0.717) is 35.0 Å². The number of aliphatic hydroxyl groups excluding tert-OH is 1. The van der Waals surface area contributed by atoms with Gasteiger partial charge in [-0.3, -0.25) is 9.59 Å². The maximum atomic E-state index is 14.1. The first-order valence-electron chi connectivity index (χ1n) is 13.8. The van der Waals surface area contributed by atoms with Crippen LogP contribution in [0, 0.1) is 6.92 Å². The Morgan fingerprint density at radius 1 is 1.17 bits per heavy atom. The fourth-order valence-corrected chi connectivity index (χ4v) is 6.94. The van der Waals surface area contributed by atoms with E-state index in [2.05, 4.69) is 4.98 Å². The summed E-state index contributed by atoms with van der Waals surface area (Å²) in [6.45, 7) is 3.02. The number of hydrogen-bond donors (Lipinski definition) is 2. The van der Waals surface area contributed by atoms with Gasteiger partial charge in [-0.05, 0) is 62.8 Å². The van der Waals surface area contributed by atoms with Crippen LogP contribution in [0.2, 0.25) is 0 Å². The van der Waals surface area contributed by atoms with Gasteiger partial charge in [-0.1, -0.05) is 42.5 Å². The van der Waals surface area contributed by atoms with Crippen LogP contribution in [-0.2, 0) is 33.2 Å². The molecule has 1 aliphatic carbocycles. The van der Waals surface area contributed by atoms with E-state index in [1.807, 2.05) is 47.2 Å². The van der Waals surface area contributed by atoms with E-state index in [-0.39, 0.29) is 24.8 Å². The molecule has 12 heteroatoms. The minimum Gasteiger partial charge on any atom is -0.491 e. The highest BCUT2D eigenvalue weighted by Gasteiger charge is 2.53. The van der Waals surface area contributed by atoms with Crippen molar-refractivity contribution in [2.75, 3.05) is 25.6 Å². The quantitative estimate of drug-likeness (QED) is 0.265. The van der Waals surface area contributed by atoms with Crippen molar-refractivity contribution in [3.8, 4) is 5.75 Å². The molecule has 2 N–H and O–H groups in total. The molecular weight excluding hydrogens is 581 g/mol. The van der Waals surface area contributed by atoms with Gasteiger partial charge in [-0.15, -0.1) is 11.3 Å². The molecule has 1 fully saturated rings. The maximum absolute atomic E-state index is 14.1. The number of aromatic nitrogens is 1. The summed E-state index contributed by atoms with van der Waals surface area (Å²) in [6.07, 6.45) is 1.75. The Labute approximate surface area is 249 Å². The summed E-state index contributed by atoms with van der Waals surface area (Å²) in [7, 11) is -4.04. The predicted molar refractivity (Wildman–Crippen MR) is 159 cm³/mol. The first-order chi connectivity index (χ1) is 20.0. The number of ether oxygens (including phenoxy) is 1. The number of aliphatic hydroxyl groups is 1. The van der Waals surface area contributed by atoms with Gasteiger partial charge in [0.2, 0.25) is 15.9 Å². The molecule has 1 saturated carbocycles. The number of thiazole rings is 1. The van der Waals surface area contributed by atoms with Gasteiger partial charge in [0.25, 0.3) is 5.91 Å². The Bertz CT molecular complexity index is 1470. The number of amides is 2. The molecule has 1 aromatic heterocycles. The van der Waals surface area contributed by atoms with Crippen LogP contribution in [0.3, 0.4) is 0 Å². The molecular formula is C30H36FN3O6S2. The number of alkyl halides is 1. The molecule has 2 aromatic carbocycles. The highest BCUT2D eigenvalue weighted by molar-refractivity contribution is 7.90. The molecule has 0 aliphatic heterocycles. The molecule has 4 rings (SSSR count). The van der Waals surface area contributed by atoms with Gasteiger partial charge < -0.3 is 14.7 Å². The lowest BCUT2D eigenvalue weighted by Crippen LogP contribution is -2.39. The van der Waals surface area contributed by atoms with Crippen LogP contribution < -0.4 is 9.46 Å². The molecule has 1 atom stereocenters. The summed E-state index contributed by atoms with van der Waals surface area (Å²) in [4.78, 5) is 33.5. The Morgan fingerprint density at radius 3 is 2.48 bits per heavy atom. The van der Waals surface area contributed by atoms with Crippen molar-refractivity contribution in [2.24, 2.45) is 0 Å². The van der Waals surface area contributed by atoms with Crippen molar-refractivity contribution in [3.05, 3.63) is 81.3 Å². The van der Waals surface area contributed by atoms with Gasteiger partial charge in [0, 0.05) is 11.4 Å². The lowest BCUT2D eigenvalue weighted by atomic mass is 9.94. The Balaban J connectivity index is 1.53. The van der Waals surface area contributed by atoms with Crippen LogP contribution in [-0.4, -0.2) is 66.9 Å². The van der Waals surface area contributed by atoms with Crippen molar-refractivity contribution in [1.29, 1.82) is 0 Å². The molecule has 0 saturated heterocycles. The summed E-state index contributed by atoms with van der Waals surface area (Å²) in [5.41, 5.74) is 1.34. The van der Waals surface area contributed by atoms with Crippen LogP contribution in [0.25, 0.3) is 0 Å². The number of nitrogens with one attached hydrogen (secondary N) is 1. The molecule has 2 amide bonds. The summed E-state index contributed by atoms with van der Waals surface area (Å²) < 4.78 is 44.2. The molecule has 226 valence electrons. The number of hydrogen-bond acceptors (Lipinski definition) is 8. The minimum absolute atomic E-state index is 0.0224. The molecule has 0 radical (unpaired) electrons. The number of carbonyl (C=O) groups excluding carboxylic acids is 2. The number of carbonyl (C=O) groups is 2. The lowest BCUT2D eigenvalue weighted by molar-refractivity contribution is -0.134. The average Bonchev–Trinajstić information content (AvgIpc) is 3.67. The van der Waals surface area contributed by atoms with Crippen LogP contribution in [0.5, 0.6) is 5.75 Å². The van der Waals surface area contributed by atoms with Crippen molar-refractivity contribution >= 4 is 33.2 Å². The van der Waals surface area contributed by atoms with Gasteiger partial charge in [0.05, 0.1) is 23.8 Å². The third-order valence-corrected chi connectivity index (χ3v) is 9.40. The van der Waals surface area contributed by atoms with E-state index >= 15 is 0 Å². The van der Waals surface area contributed by atoms with Gasteiger partial charge in [0.15, 0.2) is 0 Å². The zero-order valence-corrected chi connectivity index (χ0v) is 25.3. The standard InChI is InChI=1S/C30H36FN3O6S2/c1-21(35)20-42(38,39)33-28(36)27-22(2)41-26(32-27)19-34(17-6-9-23-7-4-3-5-8-23)29(37)30(14-15-30)24-10-12-25(13-11-24)40-18-16-31/h3-5,7-8,10-13,21,35H,6,9,14-20H2,1-2H3,(H,33,36). The second-order valence-electron chi connectivity index (χ2n) is 10.5. The normalized spacial score (nSPS) is 14.7. The monoisotopic (exact) mass is 617 g/mol. The third-order valence-electron chi connectivity index (χ3n) is 7.03. The smallest absolute Gasteiger partial charge is 0.284 e. The summed E-state index contributed by atoms with van der Waals surface area (Å²) in [5.74, 6) is -0.972. The van der Waals surface area contributed by atoms with Gasteiger partial charge in [0.1, 0.15) is 29.7 Å². The number of halogens is 1. The van der Waals surface area contributed by atoms with E-state index in [1.54, 1.807) is 24.0 Å². The molecule has 0 spiro atoms. The van der Waals surface area contributed by atoms with E-state index in [1.165, 1.54) is 18.3 Å². The third kappa shape index (κ3) is 8.14. The highest BCUT2D eigenvalue weighted by Crippen LogP contribution is 2.50. The van der Waals surface area contributed by atoms with E-state index in [9.17, 15) is 27.5 Å². The van der Waals surface area contributed by atoms with E-state index in [4.69, 9.17) is 4.74 Å². The van der Waals surface area contributed by atoms with Crippen LogP contribution in [0.1, 0.15) is 57.7 Å². The minimum atomic E-state index is -4.04. The first-order valence-corrected chi connectivity index (χ1v) is 16.3. The number of aryl methyl sites for hydroxylation is 2. The van der Waals surface area contributed by atoms with Crippen molar-refractivity contribution in [3.63, 3.8) is 0 Å². The molecule has 1 heterocycles. The maximum Gasteiger partial charge on any atom is 0.284 e. The van der Waals surface area contributed by atoms with Gasteiger partial charge in [-0.25, -0.2) is 22.5 Å². The van der Waals surface area contributed by atoms with Crippen LogP contribution >= 0.6 is 11.3 Å². The van der Waals surface area contributed by atoms with Crippen LogP contribution in [0.4, 0.5) is 4.39 Å². The average molecular weight is 618 g/mol. The molecule has 1 aliphatic rings. The van der Waals surface area contributed by atoms with Crippen LogP contribution in [0.15, 0.2) is 54.6 Å². The zero-order chi connectivity index (χ0) is 30.3. The summed E-state index contributed by atoms with van der Waals surface area (Å²) in [5, 5.41) is 9.94. The number of sulfonamides is 1. The van der Waals surface area contributed by atoms with E-state index in [0.717, 1.165) is 24.0 Å². The number of nitrogens with zero attached hydrogens (tertiary/aromatic N) is 2. The van der Waals surface area contributed by atoms with Gasteiger partial charge >= 0.3 is 0 Å². The Morgan fingerprint density at radius 2 is 1.86 bits per heavy atom. The first kappa shape index (κ1) is 31.6. The van der Waals surface area contributed by atoms with Crippen molar-refractivity contribution < 1.29 is 32.2 Å². The second kappa shape index (κ2) is 13.7. The van der Waals surface area contributed by atoms with Gasteiger partial charge in [-0.2, -0.15) is 0 Å². The fraction of sp³-hybridized carbons (Fsp3) is 0.433. The van der Waals surface area contributed by atoms with Crippen molar-refractivity contribution in [2.45, 2.75) is 57.6 Å². The lowest BCUT2D eigenvalue weighted by Gasteiger charge is -2.27. The SMILES string of the molecule is Cc1sc(CN(CCCc2ccccc2)C(=O)C2(c3ccc(OCCF)cc3)CC2)nc1C(=O)NS(=O)(=O)CC(C)O. The molecule has 1 unspecified atom stereocenters. The molecule has 9 nitrogen and oxygen atoms in total. The highest BCUT2D eigenvalue weighted by atomic mass is 32.2. The summed E-state index contributed by atoms with van der Waals surface area (Å²) in [6, 6.07) is 17.2. The molecule has 0 bridgehead atoms. The Kier molecular flexibility index (Phi) is 10.3. The topological polar surface area (TPSA) is 126 Å². The summed E-state index contributed by atoms with van der Waals surface area (Å²) >= 11 is 1.24. The second-order valence-corrected chi connectivity index (χ2v) is 13.6. The number of benzene rings is 2. The van der Waals surface area contributed by atoms with E-state index < -0.39 is 39.9 Å². The zero-order valence-electron chi connectivity index (χ0n) is 23.7. The molecule has 3 aromatic rings. The predicted octanol–water partition coefficient (Wildman–Crippen LogP) is 3.93. The molecule has 42 heavy (non-hydrogen) atoms. The largest absolute Gasteiger partial charge is 0.491 e. The number of rotatable bonds is 15. The van der Waals surface area contributed by atoms with Crippen molar-refractivity contribution in [1.82, 2.24) is 14.6 Å². The Hall–Kier alpha value is -3.35. The fourth-order valence-electron chi connectivity index (χ4n) is 4.89.